The minimum absolute atomic E-state index is 0.530. The van der Waals surface area contributed by atoms with Crippen LogP contribution in [0.15, 0.2) is 30.6 Å². The molecule has 0 amide bonds. The zero-order valence-corrected chi connectivity index (χ0v) is 13.4. The molecular weight excluding hydrogens is 256 g/mol. The molecule has 21 heavy (non-hydrogen) atoms. The maximum atomic E-state index is 3.48. The Kier molecular flexibility index (Phi) is 4.16. The van der Waals surface area contributed by atoms with Gasteiger partial charge in [-0.1, -0.05) is 30.2 Å². The lowest BCUT2D eigenvalue weighted by Crippen LogP contribution is -2.15. The summed E-state index contributed by atoms with van der Waals surface area (Å²) in [5.41, 5.74) is 7.21. The molecule has 1 heterocycles. The molecule has 2 aromatic rings. The van der Waals surface area contributed by atoms with E-state index in [0.29, 0.717) is 6.04 Å². The Bertz CT molecular complexity index is 624. The molecule has 0 radical (unpaired) electrons. The van der Waals surface area contributed by atoms with Gasteiger partial charge in [0.25, 0.3) is 0 Å². The first-order valence-corrected chi connectivity index (χ1v) is 8.09. The zero-order valence-electron chi connectivity index (χ0n) is 13.4. The van der Waals surface area contributed by atoms with E-state index in [1.165, 1.54) is 53.5 Å². The second-order valence-electron chi connectivity index (χ2n) is 6.43. The van der Waals surface area contributed by atoms with Crippen molar-refractivity contribution in [3.63, 3.8) is 0 Å². The lowest BCUT2D eigenvalue weighted by Gasteiger charge is -2.13. The predicted octanol–water partition coefficient (Wildman–Crippen LogP) is 4.14. The molecule has 3 rings (SSSR count). The summed E-state index contributed by atoms with van der Waals surface area (Å²) in [5.74, 6) is 0. The fraction of sp³-hybridized carbons (Fsp3) is 0.474. The molecular formula is C19H26N2. The highest BCUT2D eigenvalue weighted by molar-refractivity contribution is 5.33. The van der Waals surface area contributed by atoms with Crippen molar-refractivity contribution in [1.29, 1.82) is 0 Å². The topological polar surface area (TPSA) is 17.0 Å². The first-order valence-electron chi connectivity index (χ1n) is 8.09. The molecule has 0 saturated heterocycles. The number of hydrogen-bond acceptors (Lipinski definition) is 1. The number of hydrogen-bond donors (Lipinski definition) is 1. The molecule has 0 fully saturated rings. The van der Waals surface area contributed by atoms with E-state index >= 15 is 0 Å². The largest absolute Gasteiger partial charge is 0.349 e. The SMILES string of the molecule is CNC1CCCCc2cn(Cc3cc(C)ccc3C)cc21. The van der Waals surface area contributed by atoms with Crippen LogP contribution in [-0.2, 0) is 13.0 Å². The maximum absolute atomic E-state index is 3.48. The molecule has 1 aliphatic rings. The van der Waals surface area contributed by atoms with Gasteiger partial charge in [-0.05, 0) is 62.4 Å². The number of benzene rings is 1. The van der Waals surface area contributed by atoms with Crippen molar-refractivity contribution >= 4 is 0 Å². The van der Waals surface area contributed by atoms with Crippen molar-refractivity contribution < 1.29 is 0 Å². The van der Waals surface area contributed by atoms with E-state index in [2.05, 4.69) is 61.4 Å². The number of fused-ring (bicyclic) bond motifs is 1. The Labute approximate surface area is 128 Å². The van der Waals surface area contributed by atoms with Gasteiger partial charge < -0.3 is 9.88 Å². The van der Waals surface area contributed by atoms with Gasteiger partial charge in [0.05, 0.1) is 0 Å². The average molecular weight is 282 g/mol. The van der Waals surface area contributed by atoms with Crippen molar-refractivity contribution in [2.75, 3.05) is 7.05 Å². The van der Waals surface area contributed by atoms with Crippen LogP contribution in [0, 0.1) is 13.8 Å². The minimum Gasteiger partial charge on any atom is -0.349 e. The van der Waals surface area contributed by atoms with E-state index in [1.807, 2.05) is 0 Å². The van der Waals surface area contributed by atoms with Crippen molar-refractivity contribution in [2.45, 2.75) is 52.1 Å². The molecule has 112 valence electrons. The zero-order chi connectivity index (χ0) is 14.8. The molecule has 1 unspecified atom stereocenters. The van der Waals surface area contributed by atoms with Crippen LogP contribution in [0.5, 0.6) is 0 Å². The second-order valence-corrected chi connectivity index (χ2v) is 6.43. The van der Waals surface area contributed by atoms with Crippen LogP contribution in [0.3, 0.4) is 0 Å². The first kappa shape index (κ1) is 14.4. The molecule has 2 heteroatoms. The summed E-state index contributed by atoms with van der Waals surface area (Å²) < 4.78 is 2.38. The number of rotatable bonds is 3. The van der Waals surface area contributed by atoms with Crippen molar-refractivity contribution in [3.8, 4) is 0 Å². The lowest BCUT2D eigenvalue weighted by molar-refractivity contribution is 0.531. The number of nitrogens with one attached hydrogen (secondary N) is 1. The summed E-state index contributed by atoms with van der Waals surface area (Å²) in [7, 11) is 2.09. The van der Waals surface area contributed by atoms with Gasteiger partial charge in [-0.2, -0.15) is 0 Å². The van der Waals surface area contributed by atoms with Crippen molar-refractivity contribution in [2.24, 2.45) is 0 Å². The van der Waals surface area contributed by atoms with Gasteiger partial charge in [0, 0.05) is 25.0 Å². The molecule has 1 aromatic carbocycles. The summed E-state index contributed by atoms with van der Waals surface area (Å²) in [4.78, 5) is 0. The van der Waals surface area contributed by atoms with Gasteiger partial charge in [-0.3, -0.25) is 0 Å². The maximum Gasteiger partial charge on any atom is 0.0473 e. The minimum atomic E-state index is 0.530. The van der Waals surface area contributed by atoms with E-state index in [-0.39, 0.29) is 0 Å². The number of nitrogens with zero attached hydrogens (tertiary/aromatic N) is 1. The van der Waals surface area contributed by atoms with Crippen LogP contribution in [0.25, 0.3) is 0 Å². The highest BCUT2D eigenvalue weighted by Crippen LogP contribution is 2.29. The van der Waals surface area contributed by atoms with Crippen molar-refractivity contribution in [3.05, 3.63) is 58.4 Å². The summed E-state index contributed by atoms with van der Waals surface area (Å²) in [6.45, 7) is 5.36. The third-order valence-electron chi connectivity index (χ3n) is 4.77. The molecule has 1 aliphatic carbocycles. The van der Waals surface area contributed by atoms with Crippen LogP contribution >= 0.6 is 0 Å². The number of aromatic nitrogens is 1. The van der Waals surface area contributed by atoms with E-state index in [4.69, 9.17) is 0 Å². The van der Waals surface area contributed by atoms with Crippen LogP contribution in [0.1, 0.15) is 53.1 Å². The predicted molar refractivity (Wildman–Crippen MR) is 88.8 cm³/mol. The lowest BCUT2D eigenvalue weighted by atomic mass is 10.0. The van der Waals surface area contributed by atoms with E-state index in [0.717, 1.165) is 6.54 Å². The van der Waals surface area contributed by atoms with E-state index in [1.54, 1.807) is 0 Å². The summed E-state index contributed by atoms with van der Waals surface area (Å²) in [6, 6.07) is 7.27. The molecule has 1 atom stereocenters. The molecule has 0 spiro atoms. The quantitative estimate of drug-likeness (QED) is 0.837. The van der Waals surface area contributed by atoms with Gasteiger partial charge in [-0.25, -0.2) is 0 Å². The molecule has 1 aromatic heterocycles. The molecule has 0 bridgehead atoms. The monoisotopic (exact) mass is 282 g/mol. The molecule has 0 aliphatic heterocycles. The third kappa shape index (κ3) is 3.06. The summed E-state index contributed by atoms with van der Waals surface area (Å²) >= 11 is 0. The molecule has 0 saturated carbocycles. The Morgan fingerprint density at radius 3 is 2.86 bits per heavy atom. The molecule has 2 nitrogen and oxygen atoms in total. The Morgan fingerprint density at radius 2 is 2.05 bits per heavy atom. The smallest absolute Gasteiger partial charge is 0.0473 e. The Balaban J connectivity index is 1.89. The number of aryl methyl sites for hydroxylation is 3. The van der Waals surface area contributed by atoms with Crippen LogP contribution in [-0.4, -0.2) is 11.6 Å². The fourth-order valence-electron chi connectivity index (χ4n) is 3.47. The normalized spacial score (nSPS) is 18.3. The van der Waals surface area contributed by atoms with Gasteiger partial charge in [0.1, 0.15) is 0 Å². The van der Waals surface area contributed by atoms with Gasteiger partial charge in [0.2, 0.25) is 0 Å². The second kappa shape index (κ2) is 6.07. The highest BCUT2D eigenvalue weighted by atomic mass is 15.0. The Morgan fingerprint density at radius 1 is 1.19 bits per heavy atom. The van der Waals surface area contributed by atoms with E-state index in [9.17, 15) is 0 Å². The summed E-state index contributed by atoms with van der Waals surface area (Å²) in [5, 5.41) is 3.48. The standard InChI is InChI=1S/C19H26N2/c1-14-8-9-15(2)17(10-14)12-21-11-16-6-4-5-7-19(20-3)18(16)13-21/h8-11,13,19-20H,4-7,12H2,1-3H3. The van der Waals surface area contributed by atoms with Crippen molar-refractivity contribution in [1.82, 2.24) is 9.88 Å². The first-order chi connectivity index (χ1) is 10.2. The molecule has 1 N–H and O–H groups in total. The summed E-state index contributed by atoms with van der Waals surface area (Å²) in [6.07, 6.45) is 9.87. The van der Waals surface area contributed by atoms with Gasteiger partial charge in [-0.15, -0.1) is 0 Å². The third-order valence-corrected chi connectivity index (χ3v) is 4.77. The average Bonchev–Trinajstić information content (AvgIpc) is 2.76. The van der Waals surface area contributed by atoms with Crippen LogP contribution < -0.4 is 5.32 Å². The highest BCUT2D eigenvalue weighted by Gasteiger charge is 2.19. The van der Waals surface area contributed by atoms with Gasteiger partial charge in [0.15, 0.2) is 0 Å². The Hall–Kier alpha value is -1.54. The van der Waals surface area contributed by atoms with Crippen LogP contribution in [0.2, 0.25) is 0 Å². The van der Waals surface area contributed by atoms with Gasteiger partial charge >= 0.3 is 0 Å². The van der Waals surface area contributed by atoms with Crippen LogP contribution in [0.4, 0.5) is 0 Å². The van der Waals surface area contributed by atoms with E-state index < -0.39 is 0 Å². The fourth-order valence-corrected chi connectivity index (χ4v) is 3.47.